The first-order valence-corrected chi connectivity index (χ1v) is 9.74. The zero-order chi connectivity index (χ0) is 17.2. The van der Waals surface area contributed by atoms with Crippen LogP contribution in [-0.2, 0) is 16.1 Å². The number of aliphatic hydroxyl groups excluding tert-OH is 1. The van der Waals surface area contributed by atoms with E-state index in [4.69, 9.17) is 4.74 Å². The molecule has 0 fully saturated rings. The van der Waals surface area contributed by atoms with Crippen LogP contribution in [0, 0.1) is 0 Å². The molecule has 2 rings (SSSR count). The average Bonchev–Trinajstić information content (AvgIpc) is 2.60. The predicted octanol–water partition coefficient (Wildman–Crippen LogP) is 2.25. The van der Waals surface area contributed by atoms with Crippen LogP contribution in [0.2, 0.25) is 4.82 Å². The van der Waals surface area contributed by atoms with Crippen molar-refractivity contribution in [3.05, 3.63) is 66.2 Å². The van der Waals surface area contributed by atoms with Crippen LogP contribution in [0.25, 0.3) is 0 Å². The third-order valence-electron chi connectivity index (χ3n) is 3.49. The molecule has 2 atom stereocenters. The first-order valence-electron chi connectivity index (χ1n) is 7.89. The first-order chi connectivity index (χ1) is 11.6. The van der Waals surface area contributed by atoms with Gasteiger partial charge in [-0.1, -0.05) is 0 Å². The Morgan fingerprint density at radius 3 is 2.29 bits per heavy atom. The van der Waals surface area contributed by atoms with Crippen LogP contribution < -0.4 is 4.46 Å². The maximum atomic E-state index is 11.4. The SMILES string of the molecule is O=C(O)C(C[C@@H](O)CCOCc1ccccc1)[Se]c1ccccc1. The molecule has 0 amide bonds. The Labute approximate surface area is 148 Å². The molecule has 0 aromatic heterocycles. The van der Waals surface area contributed by atoms with Gasteiger partial charge in [-0.25, -0.2) is 0 Å². The van der Waals surface area contributed by atoms with E-state index in [1.807, 2.05) is 60.7 Å². The number of carboxylic acid groups (broad SMARTS) is 1. The van der Waals surface area contributed by atoms with E-state index >= 15 is 0 Å². The normalized spacial score (nSPS) is 13.4. The quantitative estimate of drug-likeness (QED) is 0.480. The Hall–Kier alpha value is -1.65. The summed E-state index contributed by atoms with van der Waals surface area (Å²) in [6.07, 6.45) is 0.0490. The molecule has 128 valence electrons. The zero-order valence-corrected chi connectivity index (χ0v) is 15.1. The molecular weight excluding hydrogens is 371 g/mol. The summed E-state index contributed by atoms with van der Waals surface area (Å²) in [6, 6.07) is 19.4. The van der Waals surface area contributed by atoms with Crippen molar-refractivity contribution in [1.82, 2.24) is 0 Å². The summed E-state index contributed by atoms with van der Waals surface area (Å²) in [4.78, 5) is 10.9. The van der Waals surface area contributed by atoms with Gasteiger partial charge in [-0.05, 0) is 0 Å². The van der Waals surface area contributed by atoms with Crippen molar-refractivity contribution in [2.24, 2.45) is 0 Å². The predicted molar refractivity (Wildman–Crippen MR) is 94.6 cm³/mol. The van der Waals surface area contributed by atoms with Crippen LogP contribution in [0.5, 0.6) is 0 Å². The second-order valence-electron chi connectivity index (χ2n) is 5.47. The minimum atomic E-state index is -0.844. The van der Waals surface area contributed by atoms with Gasteiger partial charge in [0, 0.05) is 0 Å². The Morgan fingerprint density at radius 2 is 1.67 bits per heavy atom. The van der Waals surface area contributed by atoms with Gasteiger partial charge in [-0.2, -0.15) is 0 Å². The molecular formula is C19H22O4Se. The Kier molecular flexibility index (Phi) is 7.99. The molecule has 0 radical (unpaired) electrons. The van der Waals surface area contributed by atoms with Gasteiger partial charge in [0.2, 0.25) is 0 Å². The van der Waals surface area contributed by atoms with Crippen LogP contribution in [0.15, 0.2) is 60.7 Å². The van der Waals surface area contributed by atoms with Gasteiger partial charge in [0.15, 0.2) is 0 Å². The number of hydrogen-bond acceptors (Lipinski definition) is 3. The Bertz CT molecular complexity index is 603. The molecule has 0 aliphatic carbocycles. The Morgan fingerprint density at radius 1 is 1.04 bits per heavy atom. The average molecular weight is 393 g/mol. The van der Waals surface area contributed by atoms with Crippen molar-refractivity contribution in [2.75, 3.05) is 6.61 Å². The molecule has 0 aliphatic heterocycles. The molecule has 0 bridgehead atoms. The fourth-order valence-electron chi connectivity index (χ4n) is 2.21. The molecule has 2 aromatic rings. The third-order valence-corrected chi connectivity index (χ3v) is 6.06. The van der Waals surface area contributed by atoms with Crippen molar-refractivity contribution >= 4 is 25.4 Å². The van der Waals surface area contributed by atoms with Crippen LogP contribution in [0.1, 0.15) is 18.4 Å². The molecule has 5 heteroatoms. The number of rotatable bonds is 10. The number of ether oxygens (including phenoxy) is 1. The van der Waals surface area contributed by atoms with Crippen LogP contribution in [0.3, 0.4) is 0 Å². The van der Waals surface area contributed by atoms with E-state index in [9.17, 15) is 15.0 Å². The molecule has 0 heterocycles. The van der Waals surface area contributed by atoms with E-state index < -0.39 is 16.9 Å². The monoisotopic (exact) mass is 394 g/mol. The standard InChI is InChI=1S/C19H22O4Se/c20-16(11-12-23-14-15-7-3-1-4-8-15)13-18(19(21)22)24-17-9-5-2-6-10-17/h1-10,16,18,20H,11-14H2,(H,21,22)/t16-,18?/m0/s1. The molecule has 4 nitrogen and oxygen atoms in total. The molecule has 0 saturated carbocycles. The first kappa shape index (κ1) is 18.7. The van der Waals surface area contributed by atoms with E-state index in [0.29, 0.717) is 19.6 Å². The topological polar surface area (TPSA) is 66.8 Å². The van der Waals surface area contributed by atoms with E-state index in [1.165, 1.54) is 0 Å². The molecule has 0 spiro atoms. The van der Waals surface area contributed by atoms with Gasteiger partial charge >= 0.3 is 148 Å². The zero-order valence-electron chi connectivity index (χ0n) is 13.4. The maximum absolute atomic E-state index is 11.4. The fourth-order valence-corrected chi connectivity index (χ4v) is 4.44. The minimum absolute atomic E-state index is 0.195. The van der Waals surface area contributed by atoms with Crippen molar-refractivity contribution in [2.45, 2.75) is 30.4 Å². The van der Waals surface area contributed by atoms with Crippen LogP contribution in [0.4, 0.5) is 0 Å². The van der Waals surface area contributed by atoms with Crippen LogP contribution >= 0.6 is 0 Å². The second-order valence-corrected chi connectivity index (χ2v) is 8.15. The summed E-state index contributed by atoms with van der Waals surface area (Å²) in [5, 5.41) is 19.5. The molecule has 2 aromatic carbocycles. The van der Waals surface area contributed by atoms with Gasteiger partial charge in [0.05, 0.1) is 0 Å². The number of carboxylic acids is 1. The van der Waals surface area contributed by atoms with E-state index in [2.05, 4.69) is 0 Å². The summed E-state index contributed by atoms with van der Waals surface area (Å²) in [5.41, 5.74) is 1.09. The van der Waals surface area contributed by atoms with Crippen molar-refractivity contribution < 1.29 is 19.7 Å². The van der Waals surface area contributed by atoms with Gasteiger partial charge in [-0.15, -0.1) is 0 Å². The number of aliphatic hydroxyl groups is 1. The van der Waals surface area contributed by atoms with Crippen molar-refractivity contribution in [1.29, 1.82) is 0 Å². The number of benzene rings is 2. The summed E-state index contributed by atoms with van der Waals surface area (Å²) >= 11 is -0.195. The van der Waals surface area contributed by atoms with E-state index in [1.54, 1.807) is 0 Å². The molecule has 0 saturated heterocycles. The van der Waals surface area contributed by atoms with Crippen molar-refractivity contribution in [3.63, 3.8) is 0 Å². The summed E-state index contributed by atoms with van der Waals surface area (Å²) in [5.74, 6) is -0.844. The molecule has 1 unspecified atom stereocenters. The third kappa shape index (κ3) is 6.85. The number of hydrogen-bond donors (Lipinski definition) is 2. The van der Waals surface area contributed by atoms with E-state index in [0.717, 1.165) is 10.0 Å². The number of aliphatic carboxylic acids is 1. The molecule has 0 aliphatic rings. The molecule has 24 heavy (non-hydrogen) atoms. The summed E-state index contributed by atoms with van der Waals surface area (Å²) in [7, 11) is 0. The van der Waals surface area contributed by atoms with Gasteiger partial charge < -0.3 is 0 Å². The fraction of sp³-hybridized carbons (Fsp3) is 0.316. The van der Waals surface area contributed by atoms with Crippen LogP contribution in [-0.4, -0.2) is 43.8 Å². The Balaban J connectivity index is 1.72. The summed E-state index contributed by atoms with van der Waals surface area (Å²) < 4.78 is 6.58. The van der Waals surface area contributed by atoms with Gasteiger partial charge in [0.25, 0.3) is 0 Å². The van der Waals surface area contributed by atoms with Gasteiger partial charge in [0.1, 0.15) is 0 Å². The summed E-state index contributed by atoms with van der Waals surface area (Å²) in [6.45, 7) is 0.921. The molecule has 2 N–H and O–H groups in total. The number of carbonyl (C=O) groups is 1. The van der Waals surface area contributed by atoms with Crippen molar-refractivity contribution in [3.8, 4) is 0 Å². The second kappa shape index (κ2) is 10.3. The van der Waals surface area contributed by atoms with Gasteiger partial charge in [-0.3, -0.25) is 0 Å². The van der Waals surface area contributed by atoms with E-state index in [-0.39, 0.29) is 21.4 Å².